The highest BCUT2D eigenvalue weighted by molar-refractivity contribution is 7.25. The fourth-order valence-corrected chi connectivity index (χ4v) is 10.6. The Kier molecular flexibility index (Phi) is 8.76. The molecule has 0 atom stereocenters. The first kappa shape index (κ1) is 36.1. The van der Waals surface area contributed by atoms with Gasteiger partial charge in [-0.1, -0.05) is 176 Å². The Morgan fingerprint density at radius 3 is 1.47 bits per heavy atom. The second-order valence-electron chi connectivity index (χ2n) is 16.1. The zero-order chi connectivity index (χ0) is 41.0. The third kappa shape index (κ3) is 6.24. The minimum Gasteiger partial charge on any atom is -0.310 e. The number of fused-ring (bicyclic) bond motifs is 7. The van der Waals surface area contributed by atoms with Crippen LogP contribution in [0.1, 0.15) is 0 Å². The first-order valence-corrected chi connectivity index (χ1v) is 22.1. The van der Waals surface area contributed by atoms with Gasteiger partial charge in [-0.3, -0.25) is 0 Å². The van der Waals surface area contributed by atoms with Crippen LogP contribution in [0.15, 0.2) is 237 Å². The number of benzene rings is 11. The monoisotopic (exact) mass is 805 g/mol. The van der Waals surface area contributed by atoms with E-state index in [1.165, 1.54) is 91.4 Å². The predicted molar refractivity (Wildman–Crippen MR) is 268 cm³/mol. The van der Waals surface area contributed by atoms with Crippen molar-refractivity contribution in [1.82, 2.24) is 0 Å². The van der Waals surface area contributed by atoms with Crippen molar-refractivity contribution in [2.45, 2.75) is 0 Å². The van der Waals surface area contributed by atoms with Gasteiger partial charge >= 0.3 is 0 Å². The zero-order valence-corrected chi connectivity index (χ0v) is 34.7. The Morgan fingerprint density at radius 2 is 0.742 bits per heavy atom. The molecule has 290 valence electrons. The minimum atomic E-state index is 1.10. The molecule has 1 aromatic heterocycles. The molecule has 0 saturated heterocycles. The van der Waals surface area contributed by atoms with Crippen molar-refractivity contribution < 1.29 is 0 Å². The summed E-state index contributed by atoms with van der Waals surface area (Å²) in [5.41, 5.74) is 13.0. The van der Waals surface area contributed by atoms with Crippen molar-refractivity contribution in [3.63, 3.8) is 0 Å². The summed E-state index contributed by atoms with van der Waals surface area (Å²) in [5, 5.41) is 10.1. The van der Waals surface area contributed by atoms with Gasteiger partial charge in [0.15, 0.2) is 0 Å². The van der Waals surface area contributed by atoms with Crippen molar-refractivity contribution >= 4 is 80.9 Å². The van der Waals surface area contributed by atoms with Crippen molar-refractivity contribution in [1.29, 1.82) is 0 Å². The highest BCUT2D eigenvalue weighted by atomic mass is 32.1. The fourth-order valence-electron chi connectivity index (χ4n) is 9.50. The van der Waals surface area contributed by atoms with Crippen LogP contribution < -0.4 is 4.90 Å². The van der Waals surface area contributed by atoms with Crippen LogP contribution in [-0.4, -0.2) is 0 Å². The average molecular weight is 806 g/mol. The summed E-state index contributed by atoms with van der Waals surface area (Å²) >= 11 is 1.86. The number of hydrogen-bond donors (Lipinski definition) is 0. The molecule has 0 bridgehead atoms. The van der Waals surface area contributed by atoms with Crippen LogP contribution >= 0.6 is 11.3 Å². The molecule has 1 heterocycles. The number of nitrogens with zero attached hydrogens (tertiary/aromatic N) is 1. The van der Waals surface area contributed by atoms with Gasteiger partial charge in [0.1, 0.15) is 0 Å². The van der Waals surface area contributed by atoms with E-state index in [0.717, 1.165) is 22.6 Å². The van der Waals surface area contributed by atoms with Gasteiger partial charge in [0.05, 0.1) is 0 Å². The number of anilines is 3. The highest BCUT2D eigenvalue weighted by Gasteiger charge is 2.20. The lowest BCUT2D eigenvalue weighted by atomic mass is 9.84. The first-order chi connectivity index (χ1) is 30.7. The Hall–Kier alpha value is -7.78. The Labute approximate surface area is 365 Å². The molecule has 0 aliphatic heterocycles. The van der Waals surface area contributed by atoms with E-state index < -0.39 is 0 Å². The normalized spacial score (nSPS) is 11.5. The van der Waals surface area contributed by atoms with E-state index in [9.17, 15) is 0 Å². The van der Waals surface area contributed by atoms with Crippen LogP contribution in [0.4, 0.5) is 17.1 Å². The molecule has 12 aromatic rings. The van der Waals surface area contributed by atoms with E-state index in [2.05, 4.69) is 241 Å². The molecular weight excluding hydrogens is 767 g/mol. The Morgan fingerprint density at radius 1 is 0.242 bits per heavy atom. The van der Waals surface area contributed by atoms with Crippen LogP contribution in [0.3, 0.4) is 0 Å². The summed E-state index contributed by atoms with van der Waals surface area (Å²) in [7, 11) is 0. The van der Waals surface area contributed by atoms with E-state index in [-0.39, 0.29) is 0 Å². The average Bonchev–Trinajstić information content (AvgIpc) is 3.72. The lowest BCUT2D eigenvalue weighted by Gasteiger charge is -2.27. The molecule has 62 heavy (non-hydrogen) atoms. The summed E-state index contributed by atoms with van der Waals surface area (Å²) in [4.78, 5) is 2.43. The summed E-state index contributed by atoms with van der Waals surface area (Å²) < 4.78 is 2.60. The molecule has 0 radical (unpaired) electrons. The van der Waals surface area contributed by atoms with Gasteiger partial charge in [-0.05, 0) is 137 Å². The fraction of sp³-hybridized carbons (Fsp3) is 0. The van der Waals surface area contributed by atoms with E-state index in [4.69, 9.17) is 0 Å². The van der Waals surface area contributed by atoms with Gasteiger partial charge in [0.25, 0.3) is 0 Å². The molecule has 2 heteroatoms. The Bertz CT molecular complexity index is 3640. The maximum atomic E-state index is 2.43. The van der Waals surface area contributed by atoms with Crippen molar-refractivity contribution in [2.24, 2.45) is 0 Å². The van der Waals surface area contributed by atoms with Gasteiger partial charge in [-0.2, -0.15) is 0 Å². The van der Waals surface area contributed by atoms with Crippen molar-refractivity contribution in [2.75, 3.05) is 4.90 Å². The first-order valence-electron chi connectivity index (χ1n) is 21.2. The van der Waals surface area contributed by atoms with Gasteiger partial charge in [0, 0.05) is 37.2 Å². The molecule has 0 aliphatic carbocycles. The van der Waals surface area contributed by atoms with Crippen LogP contribution in [0.2, 0.25) is 0 Å². The summed E-state index contributed by atoms with van der Waals surface area (Å²) in [6.07, 6.45) is 0. The minimum absolute atomic E-state index is 1.10. The summed E-state index contributed by atoms with van der Waals surface area (Å²) in [5.74, 6) is 0. The Balaban J connectivity index is 1.06. The smallest absolute Gasteiger partial charge is 0.0468 e. The van der Waals surface area contributed by atoms with Crippen molar-refractivity contribution in [3.05, 3.63) is 237 Å². The number of thiophene rings is 1. The molecule has 0 fully saturated rings. The van der Waals surface area contributed by atoms with E-state index in [1.54, 1.807) is 0 Å². The standard InChI is InChI=1S/C60H39NS/c1-3-16-41(17-4-1)59-54-27-10-9-25-51(54)52-33-31-47(38-56(52)60(59)42-18-5-2-6-19-42)45-22-14-24-49(37-45)61(50-32-34-58-55(39-50)53-26-11-12-28-57(53)62-58)48-23-13-21-44(36-48)46-30-29-40-15-7-8-20-43(40)35-46/h1-39H. The summed E-state index contributed by atoms with van der Waals surface area (Å²) in [6.45, 7) is 0. The molecule has 0 spiro atoms. The number of rotatable bonds is 7. The van der Waals surface area contributed by atoms with Gasteiger partial charge < -0.3 is 4.90 Å². The van der Waals surface area contributed by atoms with Crippen LogP contribution in [0.5, 0.6) is 0 Å². The van der Waals surface area contributed by atoms with Crippen LogP contribution in [-0.2, 0) is 0 Å². The lowest BCUT2D eigenvalue weighted by molar-refractivity contribution is 1.29. The van der Waals surface area contributed by atoms with Crippen LogP contribution in [0, 0.1) is 0 Å². The lowest BCUT2D eigenvalue weighted by Crippen LogP contribution is -2.10. The maximum absolute atomic E-state index is 2.43. The topological polar surface area (TPSA) is 3.24 Å². The molecular formula is C60H39NS. The molecule has 0 N–H and O–H groups in total. The molecule has 0 aliphatic rings. The van der Waals surface area contributed by atoms with E-state index in [1.807, 2.05) is 11.3 Å². The third-order valence-electron chi connectivity index (χ3n) is 12.4. The summed E-state index contributed by atoms with van der Waals surface area (Å²) in [6, 6.07) is 86.9. The molecule has 0 amide bonds. The maximum Gasteiger partial charge on any atom is 0.0468 e. The van der Waals surface area contributed by atoms with Gasteiger partial charge in [0.2, 0.25) is 0 Å². The van der Waals surface area contributed by atoms with E-state index in [0.29, 0.717) is 0 Å². The third-order valence-corrected chi connectivity index (χ3v) is 13.5. The number of hydrogen-bond acceptors (Lipinski definition) is 2. The molecule has 0 saturated carbocycles. The highest BCUT2D eigenvalue weighted by Crippen LogP contribution is 2.47. The molecule has 0 unspecified atom stereocenters. The largest absolute Gasteiger partial charge is 0.310 e. The molecule has 11 aromatic carbocycles. The molecule has 1 nitrogen and oxygen atoms in total. The quantitative estimate of drug-likeness (QED) is 0.145. The zero-order valence-electron chi connectivity index (χ0n) is 33.9. The second-order valence-corrected chi connectivity index (χ2v) is 17.1. The van der Waals surface area contributed by atoms with Gasteiger partial charge in [-0.25, -0.2) is 0 Å². The van der Waals surface area contributed by atoms with E-state index >= 15 is 0 Å². The predicted octanol–water partition coefficient (Wildman–Crippen LogP) is 17.7. The molecule has 12 rings (SSSR count). The SMILES string of the molecule is c1ccc(-c2c(-c3ccccc3)c3cc(-c4cccc(N(c5cccc(-c6ccc7ccccc7c6)c5)c5ccc6sc7ccccc7c6c5)c4)ccc3c3ccccc23)cc1. The van der Waals surface area contributed by atoms with Crippen molar-refractivity contribution in [3.8, 4) is 44.5 Å². The van der Waals surface area contributed by atoms with Gasteiger partial charge in [-0.15, -0.1) is 11.3 Å². The second kappa shape index (κ2) is 15.0. The van der Waals surface area contributed by atoms with Crippen LogP contribution in [0.25, 0.3) is 97.0 Å².